The molecule has 0 aliphatic carbocycles. The van der Waals surface area contributed by atoms with Crippen molar-refractivity contribution >= 4 is 21.4 Å². The van der Waals surface area contributed by atoms with Gasteiger partial charge in [0.1, 0.15) is 0 Å². The molecular formula is C10H19ClO3S. The Morgan fingerprint density at radius 1 is 1.33 bits per heavy atom. The van der Waals surface area contributed by atoms with E-state index in [0.717, 1.165) is 19.3 Å². The van der Waals surface area contributed by atoms with E-state index in [9.17, 15) is 8.42 Å². The van der Waals surface area contributed by atoms with Crippen molar-refractivity contribution in [1.29, 1.82) is 0 Å². The third-order valence-corrected chi connectivity index (χ3v) is 5.50. The monoisotopic (exact) mass is 254 g/mol. The maximum Gasteiger partial charge on any atom is 0.155 e. The highest BCUT2D eigenvalue weighted by Crippen LogP contribution is 2.22. The molecule has 0 aromatic heterocycles. The molecule has 1 fully saturated rings. The van der Waals surface area contributed by atoms with Crippen LogP contribution in [0.5, 0.6) is 0 Å². The minimum Gasteiger partial charge on any atom is -0.377 e. The first-order valence-corrected chi connectivity index (χ1v) is 7.72. The van der Waals surface area contributed by atoms with Gasteiger partial charge in [-0.25, -0.2) is 8.42 Å². The molecule has 1 aliphatic rings. The Morgan fingerprint density at radius 2 is 2.07 bits per heavy atom. The first-order valence-electron chi connectivity index (χ1n) is 5.47. The number of hydrogen-bond donors (Lipinski definition) is 0. The van der Waals surface area contributed by atoms with Gasteiger partial charge in [-0.2, -0.15) is 0 Å². The maximum absolute atomic E-state index is 11.9. The number of ether oxygens (including phenoxy) is 1. The normalized spacial score (nSPS) is 27.1. The summed E-state index contributed by atoms with van der Waals surface area (Å²) < 4.78 is 29.1. The van der Waals surface area contributed by atoms with E-state index < -0.39 is 9.84 Å². The molecule has 2 unspecified atom stereocenters. The molecule has 1 aliphatic heterocycles. The fourth-order valence-corrected chi connectivity index (χ4v) is 4.13. The van der Waals surface area contributed by atoms with E-state index in [4.69, 9.17) is 16.3 Å². The molecule has 90 valence electrons. The summed E-state index contributed by atoms with van der Waals surface area (Å²) in [6, 6.07) is 0. The standard InChI is InChI=1S/C10H19ClO3S/c1-9-10(5-7-14-9)15(12,13)8-4-2-3-6-11/h9-10H,2-8H2,1H3. The van der Waals surface area contributed by atoms with Gasteiger partial charge in [0.25, 0.3) is 0 Å². The minimum atomic E-state index is -2.96. The van der Waals surface area contributed by atoms with Crippen LogP contribution in [-0.2, 0) is 14.6 Å². The Morgan fingerprint density at radius 3 is 2.60 bits per heavy atom. The Bertz CT molecular complexity index is 276. The lowest BCUT2D eigenvalue weighted by atomic mass is 10.2. The summed E-state index contributed by atoms with van der Waals surface area (Å²) in [7, 11) is -2.96. The van der Waals surface area contributed by atoms with Crippen molar-refractivity contribution in [3.8, 4) is 0 Å². The van der Waals surface area contributed by atoms with Crippen molar-refractivity contribution in [3.05, 3.63) is 0 Å². The molecule has 1 saturated heterocycles. The van der Waals surface area contributed by atoms with E-state index >= 15 is 0 Å². The fraction of sp³-hybridized carbons (Fsp3) is 1.00. The molecule has 0 amide bonds. The van der Waals surface area contributed by atoms with Gasteiger partial charge in [-0.05, 0) is 26.2 Å². The summed E-state index contributed by atoms with van der Waals surface area (Å²) in [5, 5.41) is -0.284. The second-order valence-corrected chi connectivity index (χ2v) is 6.74. The highest BCUT2D eigenvalue weighted by atomic mass is 35.5. The molecule has 0 spiro atoms. The van der Waals surface area contributed by atoms with Gasteiger partial charge in [-0.3, -0.25) is 0 Å². The topological polar surface area (TPSA) is 43.4 Å². The number of alkyl halides is 1. The highest BCUT2D eigenvalue weighted by molar-refractivity contribution is 7.92. The number of hydrogen-bond acceptors (Lipinski definition) is 3. The summed E-state index contributed by atoms with van der Waals surface area (Å²) in [4.78, 5) is 0. The van der Waals surface area contributed by atoms with E-state index in [1.165, 1.54) is 0 Å². The van der Waals surface area contributed by atoms with Crippen molar-refractivity contribution in [2.24, 2.45) is 0 Å². The Kier molecular flexibility index (Phi) is 5.36. The van der Waals surface area contributed by atoms with E-state index in [1.54, 1.807) is 0 Å². The van der Waals surface area contributed by atoms with Crippen molar-refractivity contribution in [1.82, 2.24) is 0 Å². The molecule has 2 atom stereocenters. The number of rotatable bonds is 6. The van der Waals surface area contributed by atoms with Crippen LogP contribution >= 0.6 is 11.6 Å². The predicted octanol–water partition coefficient (Wildman–Crippen LogP) is 1.99. The smallest absolute Gasteiger partial charge is 0.155 e. The Hall–Kier alpha value is 0.200. The lowest BCUT2D eigenvalue weighted by molar-refractivity contribution is 0.126. The van der Waals surface area contributed by atoms with Crippen LogP contribution in [0.4, 0.5) is 0 Å². The van der Waals surface area contributed by atoms with Crippen LogP contribution in [0, 0.1) is 0 Å². The summed E-state index contributed by atoms with van der Waals surface area (Å²) in [5.41, 5.74) is 0. The second-order valence-electron chi connectivity index (χ2n) is 4.02. The van der Waals surface area contributed by atoms with Crippen LogP contribution in [0.2, 0.25) is 0 Å². The van der Waals surface area contributed by atoms with Crippen LogP contribution in [0.3, 0.4) is 0 Å². The Balaban J connectivity index is 2.37. The quantitative estimate of drug-likeness (QED) is 0.538. The summed E-state index contributed by atoms with van der Waals surface area (Å²) >= 11 is 5.53. The lowest BCUT2D eigenvalue weighted by Crippen LogP contribution is -2.30. The van der Waals surface area contributed by atoms with Crippen LogP contribution in [-0.4, -0.2) is 38.0 Å². The van der Waals surface area contributed by atoms with Gasteiger partial charge in [0.2, 0.25) is 0 Å². The molecule has 0 radical (unpaired) electrons. The molecular weight excluding hydrogens is 236 g/mol. The van der Waals surface area contributed by atoms with Crippen molar-refractivity contribution in [2.45, 2.75) is 44.0 Å². The molecule has 3 nitrogen and oxygen atoms in total. The molecule has 1 heterocycles. The molecule has 0 N–H and O–H groups in total. The Labute approximate surface area is 97.1 Å². The van der Waals surface area contributed by atoms with Gasteiger partial charge in [-0.15, -0.1) is 11.6 Å². The van der Waals surface area contributed by atoms with Gasteiger partial charge in [0.15, 0.2) is 9.84 Å². The van der Waals surface area contributed by atoms with E-state index in [0.29, 0.717) is 18.9 Å². The highest BCUT2D eigenvalue weighted by Gasteiger charge is 2.34. The lowest BCUT2D eigenvalue weighted by Gasteiger charge is -2.14. The largest absolute Gasteiger partial charge is 0.377 e. The molecule has 5 heteroatoms. The molecule has 0 saturated carbocycles. The van der Waals surface area contributed by atoms with Crippen LogP contribution < -0.4 is 0 Å². The third-order valence-electron chi connectivity index (χ3n) is 2.83. The molecule has 0 bridgehead atoms. The van der Waals surface area contributed by atoms with E-state index in [-0.39, 0.29) is 17.1 Å². The van der Waals surface area contributed by atoms with Crippen LogP contribution in [0.25, 0.3) is 0 Å². The van der Waals surface area contributed by atoms with Crippen molar-refractivity contribution < 1.29 is 13.2 Å². The molecule has 0 aromatic carbocycles. The van der Waals surface area contributed by atoms with Crippen LogP contribution in [0.15, 0.2) is 0 Å². The van der Waals surface area contributed by atoms with Crippen molar-refractivity contribution in [3.63, 3.8) is 0 Å². The third kappa shape index (κ3) is 3.93. The first kappa shape index (κ1) is 13.3. The fourth-order valence-electron chi connectivity index (χ4n) is 1.91. The predicted molar refractivity (Wildman–Crippen MR) is 62.2 cm³/mol. The SMILES string of the molecule is CC1OCCC1S(=O)(=O)CCCCCCl. The number of sulfone groups is 1. The zero-order valence-corrected chi connectivity index (χ0v) is 10.7. The molecule has 15 heavy (non-hydrogen) atoms. The summed E-state index contributed by atoms with van der Waals surface area (Å²) in [5.74, 6) is 0.894. The molecule has 1 rings (SSSR count). The van der Waals surface area contributed by atoms with Gasteiger partial charge in [-0.1, -0.05) is 6.42 Å². The average molecular weight is 255 g/mol. The zero-order chi connectivity index (χ0) is 11.3. The van der Waals surface area contributed by atoms with Crippen molar-refractivity contribution in [2.75, 3.05) is 18.2 Å². The average Bonchev–Trinajstić information content (AvgIpc) is 2.60. The number of halogens is 1. The first-order chi connectivity index (χ1) is 7.08. The van der Waals surface area contributed by atoms with Gasteiger partial charge >= 0.3 is 0 Å². The van der Waals surface area contributed by atoms with Gasteiger partial charge in [0.05, 0.1) is 17.1 Å². The minimum absolute atomic E-state index is 0.136. The van der Waals surface area contributed by atoms with E-state index in [2.05, 4.69) is 0 Å². The van der Waals surface area contributed by atoms with Crippen LogP contribution in [0.1, 0.15) is 32.6 Å². The zero-order valence-electron chi connectivity index (χ0n) is 9.12. The van der Waals surface area contributed by atoms with Gasteiger partial charge in [0, 0.05) is 12.5 Å². The maximum atomic E-state index is 11.9. The number of unbranched alkanes of at least 4 members (excludes halogenated alkanes) is 2. The summed E-state index contributed by atoms with van der Waals surface area (Å²) in [6.07, 6.45) is 3.03. The second kappa shape index (κ2) is 6.06. The van der Waals surface area contributed by atoms with Gasteiger partial charge < -0.3 is 4.74 Å². The summed E-state index contributed by atoms with van der Waals surface area (Å²) in [6.45, 7) is 2.42. The van der Waals surface area contributed by atoms with E-state index in [1.807, 2.05) is 6.92 Å². The molecule has 0 aromatic rings.